The Morgan fingerprint density at radius 3 is 0.862 bits per heavy atom. The molecule has 182 valence electrons. The summed E-state index contributed by atoms with van der Waals surface area (Å²) in [5.74, 6) is 0. The van der Waals surface area contributed by atoms with Crippen LogP contribution < -0.4 is 0 Å². The monoisotopic (exact) mass is 514 g/mol. The van der Waals surface area contributed by atoms with Crippen molar-refractivity contribution in [2.75, 3.05) is 24.6 Å². The zero-order valence-electron chi connectivity index (χ0n) is 21.2. The molecule has 0 saturated heterocycles. The Morgan fingerprint density at radius 1 is 0.379 bits per heavy atom. The van der Waals surface area contributed by atoms with Crippen LogP contribution in [-0.2, 0) is 0 Å². The maximum absolute atomic E-state index is 2.55. The number of halogens is 1. The van der Waals surface area contributed by atoms with Crippen molar-refractivity contribution in [1.82, 2.24) is 0 Å². The Kier molecular flexibility index (Phi) is 33.0. The van der Waals surface area contributed by atoms with Crippen LogP contribution in [0.4, 0.5) is 0 Å². The molecular weight excluding hydrogens is 454 g/mol. The third kappa shape index (κ3) is 22.3. The quantitative estimate of drug-likeness (QED) is 0.0994. The second-order valence-electron chi connectivity index (χ2n) is 9.41. The van der Waals surface area contributed by atoms with Gasteiger partial charge < -0.3 is 0 Å². The standard InChI is InChI=1S/C26H57P.BrH.H3P/c1-5-9-12-15-18-21-24-27(8-4,25-22-19-16-13-10-6-2)26-23-20-17-14-11-7-3;;/h27H,5-26H2,1-4H3;1H;1H3. The van der Waals surface area contributed by atoms with E-state index >= 15 is 0 Å². The van der Waals surface area contributed by atoms with E-state index in [0.29, 0.717) is 0 Å². The van der Waals surface area contributed by atoms with E-state index in [4.69, 9.17) is 0 Å². The molecule has 1 atom stereocenters. The molecule has 0 aliphatic heterocycles. The van der Waals surface area contributed by atoms with Crippen LogP contribution in [0.25, 0.3) is 0 Å². The van der Waals surface area contributed by atoms with Crippen LogP contribution in [0.3, 0.4) is 0 Å². The van der Waals surface area contributed by atoms with Crippen molar-refractivity contribution in [1.29, 1.82) is 0 Å². The second kappa shape index (κ2) is 27.4. The van der Waals surface area contributed by atoms with Crippen molar-refractivity contribution in [3.63, 3.8) is 0 Å². The van der Waals surface area contributed by atoms with Crippen molar-refractivity contribution in [3.8, 4) is 0 Å². The molecule has 0 aromatic rings. The number of hydrogen-bond donors (Lipinski definition) is 0. The fourth-order valence-electron chi connectivity index (χ4n) is 4.75. The molecule has 0 rings (SSSR count). The average molecular weight is 516 g/mol. The summed E-state index contributed by atoms with van der Waals surface area (Å²) in [5, 5.41) is 0. The van der Waals surface area contributed by atoms with Crippen LogP contribution in [0.15, 0.2) is 0 Å². The summed E-state index contributed by atoms with van der Waals surface area (Å²) >= 11 is 0. The normalized spacial score (nSPS) is 11.7. The molecule has 0 aliphatic rings. The molecule has 0 saturated carbocycles. The summed E-state index contributed by atoms with van der Waals surface area (Å²) in [7, 11) is -0.975. The predicted octanol–water partition coefficient (Wildman–Crippen LogP) is 10.5. The summed E-state index contributed by atoms with van der Waals surface area (Å²) in [4.78, 5) is 0. The van der Waals surface area contributed by atoms with Gasteiger partial charge in [-0.25, -0.2) is 0 Å². The van der Waals surface area contributed by atoms with Gasteiger partial charge >= 0.3 is 175 Å². The first-order chi connectivity index (χ1) is 13.2. The van der Waals surface area contributed by atoms with E-state index in [1.165, 1.54) is 96.3 Å². The summed E-state index contributed by atoms with van der Waals surface area (Å²) in [6, 6.07) is 0. The van der Waals surface area contributed by atoms with Crippen LogP contribution in [0.5, 0.6) is 0 Å². The van der Waals surface area contributed by atoms with Crippen molar-refractivity contribution < 1.29 is 0 Å². The molecule has 1 unspecified atom stereocenters. The van der Waals surface area contributed by atoms with Gasteiger partial charge in [-0.15, -0.1) is 17.0 Å². The maximum atomic E-state index is 2.55. The largest absolute Gasteiger partial charge is 0.153 e. The average Bonchev–Trinajstić information content (AvgIpc) is 2.69. The Hall–Kier alpha value is 1.34. The molecular formula is C26H61BrP2. The van der Waals surface area contributed by atoms with E-state index in [1.54, 1.807) is 43.9 Å². The fraction of sp³-hybridized carbons (Fsp3) is 1.00. The summed E-state index contributed by atoms with van der Waals surface area (Å²) in [6.07, 6.45) is 33.1. The molecule has 0 aliphatic carbocycles. The molecule has 29 heavy (non-hydrogen) atoms. The second-order valence-corrected chi connectivity index (χ2v) is 14.6. The van der Waals surface area contributed by atoms with Crippen LogP contribution >= 0.6 is 34.1 Å². The zero-order valence-corrected chi connectivity index (χ0v) is 25.3. The summed E-state index contributed by atoms with van der Waals surface area (Å²) in [6.45, 7) is 9.54. The molecule has 0 amide bonds. The first-order valence-corrected chi connectivity index (χ1v) is 16.1. The van der Waals surface area contributed by atoms with Gasteiger partial charge in [0.1, 0.15) is 0 Å². The molecule has 0 N–H and O–H groups in total. The van der Waals surface area contributed by atoms with Gasteiger partial charge in [0.05, 0.1) is 0 Å². The maximum Gasteiger partial charge on any atom is -0.153 e. The molecule has 3 heteroatoms. The molecule has 0 nitrogen and oxygen atoms in total. The number of hydrogen-bond acceptors (Lipinski definition) is 0. The van der Waals surface area contributed by atoms with E-state index < -0.39 is 7.26 Å². The molecule has 0 fully saturated rings. The van der Waals surface area contributed by atoms with E-state index in [2.05, 4.69) is 27.7 Å². The van der Waals surface area contributed by atoms with Crippen molar-refractivity contribution in [3.05, 3.63) is 0 Å². The first kappa shape index (κ1) is 34.9. The molecule has 0 aromatic carbocycles. The molecule has 0 radical (unpaired) electrons. The van der Waals surface area contributed by atoms with Gasteiger partial charge in [-0.3, -0.25) is 0 Å². The molecule has 0 bridgehead atoms. The predicted molar refractivity (Wildman–Crippen MR) is 155 cm³/mol. The van der Waals surface area contributed by atoms with Gasteiger partial charge in [-0.2, -0.15) is 9.90 Å². The van der Waals surface area contributed by atoms with Gasteiger partial charge in [0, 0.05) is 0 Å². The molecule has 0 heterocycles. The SMILES string of the molecule is Br.CCCCCCCC[PH](CC)(CCCCCCCC)CCCCCCCC.P. The minimum absolute atomic E-state index is 0. The Balaban J connectivity index is -0.00000338. The van der Waals surface area contributed by atoms with Crippen molar-refractivity contribution in [2.45, 2.75) is 143 Å². The third-order valence-corrected chi connectivity index (χ3v) is 12.7. The van der Waals surface area contributed by atoms with Gasteiger partial charge in [-0.05, 0) is 0 Å². The molecule has 0 spiro atoms. The molecule has 0 aromatic heterocycles. The number of rotatable bonds is 22. The topological polar surface area (TPSA) is 0 Å². The van der Waals surface area contributed by atoms with Crippen LogP contribution in [-0.4, -0.2) is 24.6 Å². The summed E-state index contributed by atoms with van der Waals surface area (Å²) < 4.78 is 0. The number of unbranched alkanes of at least 4 members (excludes halogenated alkanes) is 15. The van der Waals surface area contributed by atoms with Crippen LogP contribution in [0.1, 0.15) is 143 Å². The Labute approximate surface area is 201 Å². The van der Waals surface area contributed by atoms with Crippen molar-refractivity contribution in [2.24, 2.45) is 0 Å². The van der Waals surface area contributed by atoms with Gasteiger partial charge in [0.2, 0.25) is 0 Å². The zero-order chi connectivity index (χ0) is 20.1. The minimum atomic E-state index is -0.975. The fourth-order valence-corrected chi connectivity index (χ4v) is 9.56. The third-order valence-electron chi connectivity index (χ3n) is 6.93. The van der Waals surface area contributed by atoms with Crippen LogP contribution in [0, 0.1) is 0 Å². The smallest absolute Gasteiger partial charge is 0.153 e. The van der Waals surface area contributed by atoms with Gasteiger partial charge in [0.25, 0.3) is 0 Å². The summed E-state index contributed by atoms with van der Waals surface area (Å²) in [5.41, 5.74) is 0. The Bertz CT molecular complexity index is 243. The van der Waals surface area contributed by atoms with E-state index in [-0.39, 0.29) is 26.9 Å². The van der Waals surface area contributed by atoms with Gasteiger partial charge in [-0.1, -0.05) is 0 Å². The van der Waals surface area contributed by atoms with E-state index in [1.807, 2.05) is 0 Å². The first-order valence-electron chi connectivity index (χ1n) is 13.2. The van der Waals surface area contributed by atoms with Crippen molar-refractivity contribution >= 4 is 34.1 Å². The van der Waals surface area contributed by atoms with Gasteiger partial charge in [0.15, 0.2) is 0 Å². The van der Waals surface area contributed by atoms with Crippen LogP contribution in [0.2, 0.25) is 0 Å². The Morgan fingerprint density at radius 2 is 0.621 bits per heavy atom. The van der Waals surface area contributed by atoms with E-state index in [0.717, 1.165) is 0 Å². The van der Waals surface area contributed by atoms with E-state index in [9.17, 15) is 0 Å². The minimum Gasteiger partial charge on any atom is -0.153 e.